The van der Waals surface area contributed by atoms with E-state index in [0.29, 0.717) is 0 Å². The molecule has 2 aromatic heterocycles. The molecule has 0 amide bonds. The van der Waals surface area contributed by atoms with E-state index in [1.54, 1.807) is 0 Å². The maximum absolute atomic E-state index is 2.20. The predicted molar refractivity (Wildman–Crippen MR) is 99.1 cm³/mol. The van der Waals surface area contributed by atoms with Crippen molar-refractivity contribution in [3.05, 3.63) is 115 Å². The smallest absolute Gasteiger partial charge is 0.210 e. The van der Waals surface area contributed by atoms with E-state index in [1.165, 1.54) is 22.4 Å². The first-order chi connectivity index (χ1) is 12.4. The quantitative estimate of drug-likeness (QED) is 0.353. The summed E-state index contributed by atoms with van der Waals surface area (Å²) in [6.07, 6.45) is 8.49. The fourth-order valence-corrected chi connectivity index (χ4v) is 2.94. The molecule has 4 aromatic rings. The molecule has 27 heavy (non-hydrogen) atoms. The van der Waals surface area contributed by atoms with E-state index >= 15 is 0 Å². The molecule has 0 fully saturated rings. The van der Waals surface area contributed by atoms with E-state index in [0.717, 1.165) is 6.54 Å². The molecule has 0 radical (unpaired) electrons. The molecule has 0 saturated heterocycles. The van der Waals surface area contributed by atoms with Crippen molar-refractivity contribution >= 4 is 0 Å². The van der Waals surface area contributed by atoms with Crippen LogP contribution in [0.15, 0.2) is 110 Å². The topological polar surface area (TPSA) is 7.76 Å². The van der Waals surface area contributed by atoms with Crippen molar-refractivity contribution in [2.45, 2.75) is 6.54 Å². The third-order valence-corrected chi connectivity index (χ3v) is 4.32. The van der Waals surface area contributed by atoms with Gasteiger partial charge in [-0.25, -0.2) is 4.57 Å². The highest BCUT2D eigenvalue weighted by molar-refractivity contribution is 5.61. The molecule has 0 aliphatic rings. The van der Waals surface area contributed by atoms with Crippen LogP contribution in [-0.4, -0.2) is 0 Å². The first-order valence-electron chi connectivity index (χ1n) is 8.49. The zero-order valence-electron chi connectivity index (χ0n) is 14.7. The Labute approximate surface area is 172 Å². The second kappa shape index (κ2) is 9.86. The van der Waals surface area contributed by atoms with Crippen molar-refractivity contribution in [2.24, 2.45) is 0 Å². The lowest BCUT2D eigenvalue weighted by atomic mass is 10.1. The van der Waals surface area contributed by atoms with Crippen molar-refractivity contribution in [3.8, 4) is 16.8 Å². The van der Waals surface area contributed by atoms with Crippen molar-refractivity contribution in [2.75, 3.05) is 0 Å². The maximum atomic E-state index is 2.20. The summed E-state index contributed by atoms with van der Waals surface area (Å²) in [5, 5.41) is 0. The van der Waals surface area contributed by atoms with Crippen LogP contribution in [0.1, 0.15) is 5.56 Å². The van der Waals surface area contributed by atoms with Crippen molar-refractivity contribution in [3.63, 3.8) is 0 Å². The van der Waals surface area contributed by atoms with Gasteiger partial charge in [0.25, 0.3) is 0 Å². The SMILES string of the molecule is [Cl-].[Cl-].c1ccc(C[n+]2ccc(-c3cc[n+](-c4ccccc4)cc3)cc2)cc1. The maximum Gasteiger partial charge on any atom is 0.210 e. The molecule has 0 bridgehead atoms. The molecule has 0 spiro atoms. The Hall–Kier alpha value is -2.68. The number of hydrogen-bond acceptors (Lipinski definition) is 0. The number of benzene rings is 2. The summed E-state index contributed by atoms with van der Waals surface area (Å²) in [4.78, 5) is 0. The largest absolute Gasteiger partial charge is 1.00 e. The van der Waals surface area contributed by atoms with Crippen LogP contribution in [-0.2, 0) is 6.54 Å². The minimum absolute atomic E-state index is 0. The molecule has 0 unspecified atom stereocenters. The second-order valence-electron chi connectivity index (χ2n) is 6.07. The van der Waals surface area contributed by atoms with Gasteiger partial charge in [-0.1, -0.05) is 48.5 Å². The summed E-state index contributed by atoms with van der Waals surface area (Å²) >= 11 is 0. The Balaban J connectivity index is 0.00000131. The molecule has 136 valence electrons. The van der Waals surface area contributed by atoms with Gasteiger partial charge in [0.05, 0.1) is 0 Å². The van der Waals surface area contributed by atoms with Gasteiger partial charge in [-0.2, -0.15) is 4.57 Å². The number of para-hydroxylation sites is 1. The lowest BCUT2D eigenvalue weighted by Crippen LogP contribution is -3.00. The van der Waals surface area contributed by atoms with Crippen LogP contribution < -0.4 is 33.9 Å². The van der Waals surface area contributed by atoms with Crippen LogP contribution in [0.25, 0.3) is 16.8 Å². The van der Waals surface area contributed by atoms with Crippen LogP contribution in [0.4, 0.5) is 0 Å². The monoisotopic (exact) mass is 394 g/mol. The first kappa shape index (κ1) is 20.6. The standard InChI is InChI=1S/C23H20N2.2ClH/c1-3-7-20(8-4-1)19-24-15-11-21(12-16-24)22-13-17-25(18-14-22)23-9-5-2-6-10-23;;/h1-18H,19H2;2*1H/q+2;;/p-2. The third kappa shape index (κ3) is 5.16. The van der Waals surface area contributed by atoms with Gasteiger partial charge in [0, 0.05) is 42.0 Å². The molecular formula is C23H20Cl2N2. The molecule has 0 atom stereocenters. The summed E-state index contributed by atoms with van der Waals surface area (Å²) < 4.78 is 4.33. The van der Waals surface area contributed by atoms with E-state index in [2.05, 4.69) is 107 Å². The van der Waals surface area contributed by atoms with Crippen LogP contribution in [0, 0.1) is 0 Å². The average Bonchev–Trinajstić information content (AvgIpc) is 2.70. The van der Waals surface area contributed by atoms with Gasteiger partial charge in [0.2, 0.25) is 5.69 Å². The van der Waals surface area contributed by atoms with E-state index in [9.17, 15) is 0 Å². The number of nitrogens with zero attached hydrogens (tertiary/aromatic N) is 2. The highest BCUT2D eigenvalue weighted by atomic mass is 35.5. The molecular weight excluding hydrogens is 375 g/mol. The van der Waals surface area contributed by atoms with Gasteiger partial charge >= 0.3 is 0 Å². The second-order valence-corrected chi connectivity index (χ2v) is 6.07. The highest BCUT2D eigenvalue weighted by Crippen LogP contribution is 2.16. The Morgan fingerprint density at radius 3 is 1.56 bits per heavy atom. The molecule has 4 rings (SSSR count). The van der Waals surface area contributed by atoms with E-state index in [4.69, 9.17) is 0 Å². The van der Waals surface area contributed by atoms with Gasteiger partial charge in [-0.3, -0.25) is 0 Å². The van der Waals surface area contributed by atoms with Crippen LogP contribution in [0.2, 0.25) is 0 Å². The zero-order chi connectivity index (χ0) is 16.9. The summed E-state index contributed by atoms with van der Waals surface area (Å²) in [7, 11) is 0. The van der Waals surface area contributed by atoms with Gasteiger partial charge in [-0.15, -0.1) is 0 Å². The van der Waals surface area contributed by atoms with Gasteiger partial charge in [0.1, 0.15) is 0 Å². The normalized spacial score (nSPS) is 9.78. The molecule has 2 nitrogen and oxygen atoms in total. The average molecular weight is 395 g/mol. The predicted octanol–water partition coefficient (Wildman–Crippen LogP) is -2.03. The third-order valence-electron chi connectivity index (χ3n) is 4.32. The van der Waals surface area contributed by atoms with Crippen LogP contribution in [0.3, 0.4) is 0 Å². The molecule has 2 aromatic carbocycles. The van der Waals surface area contributed by atoms with Gasteiger partial charge in [-0.05, 0) is 11.1 Å². The van der Waals surface area contributed by atoms with Crippen LogP contribution >= 0.6 is 0 Å². The van der Waals surface area contributed by atoms with E-state index in [1.807, 2.05) is 12.1 Å². The first-order valence-corrected chi connectivity index (χ1v) is 8.49. The fourth-order valence-electron chi connectivity index (χ4n) is 2.94. The number of pyridine rings is 2. The number of hydrogen-bond donors (Lipinski definition) is 0. The number of halogens is 2. The van der Waals surface area contributed by atoms with Gasteiger partial charge < -0.3 is 24.8 Å². The van der Waals surface area contributed by atoms with E-state index in [-0.39, 0.29) is 24.8 Å². The zero-order valence-corrected chi connectivity index (χ0v) is 16.3. The molecule has 0 N–H and O–H groups in total. The molecule has 0 aliphatic heterocycles. The Bertz CT molecular complexity index is 939. The lowest BCUT2D eigenvalue weighted by Gasteiger charge is -2.02. The molecule has 0 saturated carbocycles. The molecule has 4 heteroatoms. The minimum Gasteiger partial charge on any atom is -1.00 e. The van der Waals surface area contributed by atoms with Crippen molar-refractivity contribution in [1.82, 2.24) is 0 Å². The summed E-state index contributed by atoms with van der Waals surface area (Å²) in [6.45, 7) is 0.893. The summed E-state index contributed by atoms with van der Waals surface area (Å²) in [5.41, 5.74) is 4.93. The Kier molecular flexibility index (Phi) is 7.54. The number of aromatic nitrogens is 2. The highest BCUT2D eigenvalue weighted by Gasteiger charge is 2.07. The summed E-state index contributed by atoms with van der Waals surface area (Å²) in [5.74, 6) is 0. The van der Waals surface area contributed by atoms with Crippen LogP contribution in [0.5, 0.6) is 0 Å². The minimum atomic E-state index is 0. The number of rotatable bonds is 4. The Morgan fingerprint density at radius 2 is 1.00 bits per heavy atom. The van der Waals surface area contributed by atoms with E-state index < -0.39 is 0 Å². The fraction of sp³-hybridized carbons (Fsp3) is 0.0435. The van der Waals surface area contributed by atoms with Gasteiger partial charge in [0.15, 0.2) is 31.3 Å². The Morgan fingerprint density at radius 1 is 0.519 bits per heavy atom. The summed E-state index contributed by atoms with van der Waals surface area (Å²) in [6, 6.07) is 29.5. The van der Waals surface area contributed by atoms with Crippen molar-refractivity contribution in [1.29, 1.82) is 0 Å². The lowest BCUT2D eigenvalue weighted by molar-refractivity contribution is -0.688. The molecule has 2 heterocycles. The van der Waals surface area contributed by atoms with Crippen molar-refractivity contribution < 1.29 is 33.9 Å². The molecule has 0 aliphatic carbocycles.